The normalized spacial score (nSPS) is 8.85. The SMILES string of the molecule is N#CCc1cc(N)cc(F)c1C#N. The van der Waals surface area contributed by atoms with Crippen LogP contribution in [0.1, 0.15) is 11.1 Å². The minimum absolute atomic E-state index is 0.00907. The molecule has 64 valence electrons. The van der Waals surface area contributed by atoms with Crippen molar-refractivity contribution >= 4 is 5.69 Å². The summed E-state index contributed by atoms with van der Waals surface area (Å²) in [6.45, 7) is 0. The van der Waals surface area contributed by atoms with Crippen LogP contribution in [0.15, 0.2) is 12.1 Å². The maximum absolute atomic E-state index is 13.0. The van der Waals surface area contributed by atoms with Gasteiger partial charge < -0.3 is 5.73 Å². The molecule has 2 N–H and O–H groups in total. The van der Waals surface area contributed by atoms with Crippen LogP contribution < -0.4 is 5.73 Å². The molecule has 13 heavy (non-hydrogen) atoms. The molecular formula is C9H6FN3. The van der Waals surface area contributed by atoms with Crippen molar-refractivity contribution in [3.05, 3.63) is 29.1 Å². The number of nitrogen functional groups attached to an aromatic ring is 1. The molecule has 0 unspecified atom stereocenters. The summed E-state index contributed by atoms with van der Waals surface area (Å²) in [5.41, 5.74) is 5.81. The van der Waals surface area contributed by atoms with Crippen molar-refractivity contribution in [2.75, 3.05) is 5.73 Å². The van der Waals surface area contributed by atoms with Crippen LogP contribution in [0.4, 0.5) is 10.1 Å². The highest BCUT2D eigenvalue weighted by atomic mass is 19.1. The number of nitriles is 2. The Balaban J connectivity index is 3.33. The van der Waals surface area contributed by atoms with Crippen molar-refractivity contribution in [1.82, 2.24) is 0 Å². The molecule has 0 aromatic heterocycles. The third-order valence-corrected chi connectivity index (χ3v) is 1.58. The molecule has 0 amide bonds. The highest BCUT2D eigenvalue weighted by molar-refractivity contribution is 5.50. The van der Waals surface area contributed by atoms with E-state index in [2.05, 4.69) is 0 Å². The molecule has 1 rings (SSSR count). The molecule has 0 aliphatic heterocycles. The van der Waals surface area contributed by atoms with E-state index >= 15 is 0 Å². The number of benzene rings is 1. The van der Waals surface area contributed by atoms with E-state index in [1.165, 1.54) is 6.07 Å². The number of halogens is 1. The maximum atomic E-state index is 13.0. The number of nitrogens with two attached hydrogens (primary N) is 1. The van der Waals surface area contributed by atoms with E-state index in [9.17, 15) is 4.39 Å². The molecular weight excluding hydrogens is 169 g/mol. The molecule has 1 aromatic carbocycles. The summed E-state index contributed by atoms with van der Waals surface area (Å²) >= 11 is 0. The molecule has 4 heteroatoms. The molecule has 0 bridgehead atoms. The van der Waals surface area contributed by atoms with Gasteiger partial charge in [0.15, 0.2) is 0 Å². The standard InChI is InChI=1S/C9H6FN3/c10-9-4-7(13)3-6(1-2-11)8(9)5-12/h3-4H,1,13H2. The topological polar surface area (TPSA) is 73.6 Å². The van der Waals surface area contributed by atoms with Crippen LogP contribution in [0.3, 0.4) is 0 Å². The zero-order valence-electron chi connectivity index (χ0n) is 6.71. The predicted octanol–water partition coefficient (Wildman–Crippen LogP) is 1.35. The first-order valence-electron chi connectivity index (χ1n) is 3.54. The van der Waals surface area contributed by atoms with Crippen molar-refractivity contribution in [3.8, 4) is 12.1 Å². The molecule has 0 atom stereocenters. The van der Waals surface area contributed by atoms with Crippen LogP contribution in [0.5, 0.6) is 0 Å². The first kappa shape index (κ1) is 9.02. The zero-order chi connectivity index (χ0) is 9.84. The van der Waals surface area contributed by atoms with Gasteiger partial charge in [-0.25, -0.2) is 4.39 Å². The van der Waals surface area contributed by atoms with Crippen molar-refractivity contribution in [2.45, 2.75) is 6.42 Å². The predicted molar refractivity (Wildman–Crippen MR) is 44.8 cm³/mol. The molecule has 0 fully saturated rings. The molecule has 3 nitrogen and oxygen atoms in total. The third-order valence-electron chi connectivity index (χ3n) is 1.58. The number of anilines is 1. The fourth-order valence-corrected chi connectivity index (χ4v) is 1.04. The lowest BCUT2D eigenvalue weighted by molar-refractivity contribution is 0.623. The second-order valence-electron chi connectivity index (χ2n) is 2.48. The second-order valence-corrected chi connectivity index (χ2v) is 2.48. The van der Waals surface area contributed by atoms with E-state index in [-0.39, 0.29) is 17.7 Å². The van der Waals surface area contributed by atoms with Crippen LogP contribution in [-0.2, 0) is 6.42 Å². The van der Waals surface area contributed by atoms with E-state index in [0.717, 1.165) is 6.07 Å². The van der Waals surface area contributed by atoms with Crippen LogP contribution >= 0.6 is 0 Å². The van der Waals surface area contributed by atoms with Gasteiger partial charge in [-0.2, -0.15) is 10.5 Å². The van der Waals surface area contributed by atoms with E-state index in [4.69, 9.17) is 16.3 Å². The van der Waals surface area contributed by atoms with E-state index in [1.807, 2.05) is 6.07 Å². The fraction of sp³-hybridized carbons (Fsp3) is 0.111. The van der Waals surface area contributed by atoms with Gasteiger partial charge in [0.05, 0.1) is 18.1 Å². The van der Waals surface area contributed by atoms with Crippen LogP contribution in [-0.4, -0.2) is 0 Å². The van der Waals surface area contributed by atoms with Gasteiger partial charge in [0, 0.05) is 5.69 Å². The molecule has 0 spiro atoms. The Hall–Kier alpha value is -2.07. The summed E-state index contributed by atoms with van der Waals surface area (Å²) < 4.78 is 13.0. The Morgan fingerprint density at radius 2 is 2.08 bits per heavy atom. The van der Waals surface area contributed by atoms with Gasteiger partial charge in [-0.05, 0) is 17.7 Å². The van der Waals surface area contributed by atoms with Crippen LogP contribution in [0.25, 0.3) is 0 Å². The average molecular weight is 175 g/mol. The fourth-order valence-electron chi connectivity index (χ4n) is 1.04. The minimum atomic E-state index is -0.673. The maximum Gasteiger partial charge on any atom is 0.143 e. The van der Waals surface area contributed by atoms with E-state index in [1.54, 1.807) is 6.07 Å². The highest BCUT2D eigenvalue weighted by Crippen LogP contribution is 2.17. The number of hydrogen-bond acceptors (Lipinski definition) is 3. The Morgan fingerprint density at radius 3 is 2.62 bits per heavy atom. The number of nitrogens with zero attached hydrogens (tertiary/aromatic N) is 2. The molecule has 0 radical (unpaired) electrons. The zero-order valence-corrected chi connectivity index (χ0v) is 6.71. The number of rotatable bonds is 1. The third kappa shape index (κ3) is 1.74. The minimum Gasteiger partial charge on any atom is -0.399 e. The van der Waals surface area contributed by atoms with Gasteiger partial charge in [-0.1, -0.05) is 0 Å². The van der Waals surface area contributed by atoms with Crippen molar-refractivity contribution in [2.24, 2.45) is 0 Å². The molecule has 0 aliphatic rings. The Bertz CT molecular complexity index is 412. The Labute approximate surface area is 74.8 Å². The first-order chi connectivity index (χ1) is 6.19. The summed E-state index contributed by atoms with van der Waals surface area (Å²) in [5, 5.41) is 17.0. The van der Waals surface area contributed by atoms with Crippen LogP contribution in [0, 0.1) is 28.5 Å². The quantitative estimate of drug-likeness (QED) is 0.654. The summed E-state index contributed by atoms with van der Waals surface area (Å²) in [6, 6.07) is 6.04. The second kappa shape index (κ2) is 3.55. The van der Waals surface area contributed by atoms with Gasteiger partial charge in [0.2, 0.25) is 0 Å². The largest absolute Gasteiger partial charge is 0.399 e. The Morgan fingerprint density at radius 1 is 1.38 bits per heavy atom. The van der Waals surface area contributed by atoms with Gasteiger partial charge in [0.1, 0.15) is 11.9 Å². The first-order valence-corrected chi connectivity index (χ1v) is 3.54. The average Bonchev–Trinajstić information content (AvgIpc) is 2.04. The van der Waals surface area contributed by atoms with Gasteiger partial charge in [-0.3, -0.25) is 0 Å². The van der Waals surface area contributed by atoms with Gasteiger partial charge in [-0.15, -0.1) is 0 Å². The smallest absolute Gasteiger partial charge is 0.143 e. The summed E-state index contributed by atoms with van der Waals surface area (Å²) in [4.78, 5) is 0. The molecule has 0 aliphatic carbocycles. The summed E-state index contributed by atoms with van der Waals surface area (Å²) in [5.74, 6) is -0.673. The number of hydrogen-bond donors (Lipinski definition) is 1. The van der Waals surface area contributed by atoms with Crippen molar-refractivity contribution < 1.29 is 4.39 Å². The van der Waals surface area contributed by atoms with E-state index < -0.39 is 5.82 Å². The lowest BCUT2D eigenvalue weighted by Crippen LogP contribution is -1.96. The highest BCUT2D eigenvalue weighted by Gasteiger charge is 2.08. The van der Waals surface area contributed by atoms with Crippen LogP contribution in [0.2, 0.25) is 0 Å². The van der Waals surface area contributed by atoms with Crippen molar-refractivity contribution in [1.29, 1.82) is 10.5 Å². The Kier molecular flexibility index (Phi) is 2.47. The van der Waals surface area contributed by atoms with Gasteiger partial charge in [0.25, 0.3) is 0 Å². The summed E-state index contributed by atoms with van der Waals surface area (Å²) in [7, 11) is 0. The molecule has 1 aromatic rings. The van der Waals surface area contributed by atoms with Crippen molar-refractivity contribution in [3.63, 3.8) is 0 Å². The molecule has 0 heterocycles. The molecule has 0 saturated heterocycles. The lowest BCUT2D eigenvalue weighted by atomic mass is 10.0. The monoisotopic (exact) mass is 175 g/mol. The van der Waals surface area contributed by atoms with E-state index in [0.29, 0.717) is 5.56 Å². The van der Waals surface area contributed by atoms with Gasteiger partial charge >= 0.3 is 0 Å². The summed E-state index contributed by atoms with van der Waals surface area (Å²) in [6.07, 6.45) is -0.00907. The molecule has 0 saturated carbocycles. The lowest BCUT2D eigenvalue weighted by Gasteiger charge is -2.01.